The summed E-state index contributed by atoms with van der Waals surface area (Å²) in [6.45, 7) is 10.3. The average Bonchev–Trinajstić information content (AvgIpc) is 3.09. The topological polar surface area (TPSA) is 146 Å². The maximum absolute atomic E-state index is 13.3. The first kappa shape index (κ1) is 48.2. The normalized spacial score (nSPS) is 12.1. The number of carbonyl (C=O) groups excluding carboxylic acids is 1. The number of halogens is 7. The first-order valence-corrected chi connectivity index (χ1v) is 20.3. The summed E-state index contributed by atoms with van der Waals surface area (Å²) >= 11 is 19.2. The van der Waals surface area contributed by atoms with Crippen LogP contribution in [0.2, 0.25) is 10.0 Å². The van der Waals surface area contributed by atoms with Gasteiger partial charge in [-0.3, -0.25) is 14.4 Å². The third-order valence-electron chi connectivity index (χ3n) is 8.28. The van der Waals surface area contributed by atoms with Crippen LogP contribution in [0.25, 0.3) is 0 Å². The van der Waals surface area contributed by atoms with Crippen LogP contribution >= 0.6 is 55.1 Å². The van der Waals surface area contributed by atoms with Crippen LogP contribution in [0.1, 0.15) is 74.8 Å². The van der Waals surface area contributed by atoms with Crippen LogP contribution in [0.15, 0.2) is 69.6 Å². The van der Waals surface area contributed by atoms with Gasteiger partial charge in [-0.2, -0.15) is 13.2 Å². The number of benzene rings is 4. The van der Waals surface area contributed by atoms with Gasteiger partial charge in [0.15, 0.2) is 5.75 Å². The van der Waals surface area contributed by atoms with Gasteiger partial charge in [-0.1, -0.05) is 43.1 Å². The molecular formula is C41H44Br2Cl2F3N3O7. The minimum Gasteiger partial charge on any atom is -0.487 e. The molecule has 0 heterocycles. The van der Waals surface area contributed by atoms with Gasteiger partial charge in [0.05, 0.1) is 31.0 Å². The first-order chi connectivity index (χ1) is 27.2. The molecule has 2 atom stereocenters. The fourth-order valence-electron chi connectivity index (χ4n) is 5.28. The lowest BCUT2D eigenvalue weighted by Crippen LogP contribution is -2.16. The first-order valence-electron chi connectivity index (χ1n) is 18.0. The van der Waals surface area contributed by atoms with Crippen molar-refractivity contribution in [2.24, 2.45) is 0 Å². The molecule has 0 aliphatic rings. The molecule has 4 aromatic rings. The zero-order valence-corrected chi connectivity index (χ0v) is 36.9. The van der Waals surface area contributed by atoms with E-state index in [1.807, 2.05) is 13.8 Å². The Morgan fingerprint density at radius 3 is 1.69 bits per heavy atom. The van der Waals surface area contributed by atoms with Crippen LogP contribution in [-0.4, -0.2) is 40.1 Å². The molecule has 0 fully saturated rings. The Labute approximate surface area is 362 Å². The van der Waals surface area contributed by atoms with Crippen LogP contribution in [0, 0.1) is 6.92 Å². The highest BCUT2D eigenvalue weighted by Crippen LogP contribution is 2.38. The lowest BCUT2D eigenvalue weighted by molar-refractivity contribution is -0.140. The van der Waals surface area contributed by atoms with Gasteiger partial charge in [-0.05, 0) is 142 Å². The molecule has 5 N–H and O–H groups in total. The van der Waals surface area contributed by atoms with Gasteiger partial charge >= 0.3 is 18.1 Å². The number of carbonyl (C=O) groups is 3. The Balaban J connectivity index is 0.000000317. The summed E-state index contributed by atoms with van der Waals surface area (Å²) in [6.07, 6.45) is -3.52. The Morgan fingerprint density at radius 1 is 0.707 bits per heavy atom. The van der Waals surface area contributed by atoms with Crippen molar-refractivity contribution in [1.29, 1.82) is 0 Å². The van der Waals surface area contributed by atoms with Crippen LogP contribution in [0.5, 0.6) is 11.5 Å². The van der Waals surface area contributed by atoms with Crippen LogP contribution in [0.3, 0.4) is 0 Å². The van der Waals surface area contributed by atoms with E-state index in [-0.39, 0.29) is 46.1 Å². The van der Waals surface area contributed by atoms with Crippen molar-refractivity contribution in [3.05, 3.63) is 107 Å². The third kappa shape index (κ3) is 15.9. The number of carboxylic acids is 2. The molecular weight excluding hydrogens is 934 g/mol. The molecule has 0 spiro atoms. The van der Waals surface area contributed by atoms with Crippen molar-refractivity contribution in [3.63, 3.8) is 0 Å². The smallest absolute Gasteiger partial charge is 0.416 e. The quantitative estimate of drug-likeness (QED) is 0.0653. The number of hydrogen-bond donors (Lipinski definition) is 5. The SMILES string of the molecule is CCC(C)Nc1cc(C)cc(COc2c(Br)cc(CC(=O)O)cc2Br)c1.CCC(C)Nc1cc(COc2c(Cl)cc(NC(=O)CC(=O)O)cc2Cl)cc(C(F)(F)F)c1. The molecule has 4 rings (SSSR count). The summed E-state index contributed by atoms with van der Waals surface area (Å²) in [5.74, 6) is -2.26. The monoisotopic (exact) mass is 975 g/mol. The van der Waals surface area contributed by atoms with Gasteiger partial charge in [0.1, 0.15) is 25.4 Å². The number of nitrogens with one attached hydrogen (secondary N) is 3. The van der Waals surface area contributed by atoms with Crippen LogP contribution < -0.4 is 25.4 Å². The van der Waals surface area contributed by atoms with Gasteiger partial charge in [0.2, 0.25) is 5.91 Å². The van der Waals surface area contributed by atoms with Gasteiger partial charge in [0, 0.05) is 29.1 Å². The Hall–Kier alpha value is -4.18. The van der Waals surface area contributed by atoms with Crippen molar-refractivity contribution >= 4 is 90.0 Å². The molecule has 314 valence electrons. The number of alkyl halides is 3. The summed E-state index contributed by atoms with van der Waals surface area (Å²) < 4.78 is 52.9. The van der Waals surface area contributed by atoms with Crippen molar-refractivity contribution in [2.45, 2.75) is 91.8 Å². The Bertz CT molecular complexity index is 2040. The number of anilines is 3. The van der Waals surface area contributed by atoms with Gasteiger partial charge < -0.3 is 35.6 Å². The van der Waals surface area contributed by atoms with Crippen molar-refractivity contribution < 1.29 is 47.2 Å². The molecule has 17 heteroatoms. The summed E-state index contributed by atoms with van der Waals surface area (Å²) in [7, 11) is 0. The standard InChI is InChI=1S/C21H21Cl2F3N2O4.C20H23Br2NO3/c1-3-11(2)27-14-5-12(4-13(6-14)21(24,25)26)10-32-20-16(22)7-15(8-17(20)23)28-18(29)9-19(30)31;1-4-13(3)23-16-6-12(2)5-15(7-16)11-26-20-17(21)8-14(9-18(20)22)10-19(24)25/h4-8,11,27H,3,9-10H2,1-2H3,(H,28,29)(H,30,31);5-9,13,23H,4,10-11H2,1-3H3,(H,24,25). The maximum atomic E-state index is 13.3. The molecule has 4 aromatic carbocycles. The minimum atomic E-state index is -4.53. The number of amides is 1. The molecule has 2 unspecified atom stereocenters. The second kappa shape index (κ2) is 22.3. The maximum Gasteiger partial charge on any atom is 0.416 e. The van der Waals surface area contributed by atoms with E-state index in [0.29, 0.717) is 29.6 Å². The molecule has 0 bridgehead atoms. The van der Waals surface area contributed by atoms with Gasteiger partial charge in [-0.15, -0.1) is 0 Å². The van der Waals surface area contributed by atoms with Crippen molar-refractivity contribution in [3.8, 4) is 11.5 Å². The fourth-order valence-corrected chi connectivity index (χ4v) is 7.38. The average molecular weight is 979 g/mol. The molecule has 0 aromatic heterocycles. The molecule has 0 aliphatic heterocycles. The van der Waals surface area contributed by atoms with Crippen molar-refractivity contribution in [2.75, 3.05) is 16.0 Å². The summed E-state index contributed by atoms with van der Waals surface area (Å²) in [5, 5.41) is 26.4. The molecule has 58 heavy (non-hydrogen) atoms. The highest BCUT2D eigenvalue weighted by molar-refractivity contribution is 9.11. The summed E-state index contributed by atoms with van der Waals surface area (Å²) in [5.41, 5.74) is 3.93. The zero-order valence-electron chi connectivity index (χ0n) is 32.3. The van der Waals surface area contributed by atoms with E-state index in [2.05, 4.69) is 86.8 Å². The summed E-state index contributed by atoms with van der Waals surface area (Å²) in [6, 6.07) is 16.4. The lowest BCUT2D eigenvalue weighted by atomic mass is 10.1. The number of rotatable bonds is 17. The predicted molar refractivity (Wildman–Crippen MR) is 229 cm³/mol. The Morgan fingerprint density at radius 2 is 1.21 bits per heavy atom. The number of aliphatic carboxylic acids is 2. The molecule has 0 saturated heterocycles. The fraction of sp³-hybridized carbons (Fsp3) is 0.341. The minimum absolute atomic E-state index is 0.00643. The van der Waals surface area contributed by atoms with E-state index in [1.165, 1.54) is 17.7 Å². The summed E-state index contributed by atoms with van der Waals surface area (Å²) in [4.78, 5) is 33.0. The molecule has 1 amide bonds. The number of carboxylic acid groups (broad SMARTS) is 2. The van der Waals surface area contributed by atoms with E-state index < -0.39 is 36.0 Å². The van der Waals surface area contributed by atoms with E-state index in [9.17, 15) is 27.6 Å². The molecule has 10 nitrogen and oxygen atoms in total. The molecule has 0 saturated carbocycles. The largest absolute Gasteiger partial charge is 0.487 e. The Kier molecular flexibility index (Phi) is 18.5. The predicted octanol–water partition coefficient (Wildman–Crippen LogP) is 12.2. The second-order valence-electron chi connectivity index (χ2n) is 13.5. The molecule has 0 radical (unpaired) electrons. The lowest BCUT2D eigenvalue weighted by Gasteiger charge is -2.18. The van der Waals surface area contributed by atoms with Crippen molar-refractivity contribution in [1.82, 2.24) is 0 Å². The third-order valence-corrected chi connectivity index (χ3v) is 10.0. The highest BCUT2D eigenvalue weighted by atomic mass is 79.9. The van der Waals surface area contributed by atoms with Crippen LogP contribution in [-0.2, 0) is 40.2 Å². The van der Waals surface area contributed by atoms with Gasteiger partial charge in [-0.25, -0.2) is 0 Å². The highest BCUT2D eigenvalue weighted by Gasteiger charge is 2.31. The van der Waals surface area contributed by atoms with E-state index in [4.69, 9.17) is 42.9 Å². The van der Waals surface area contributed by atoms with E-state index in [0.717, 1.165) is 45.2 Å². The second-order valence-corrected chi connectivity index (χ2v) is 16.0. The zero-order chi connectivity index (χ0) is 43.3. The van der Waals surface area contributed by atoms with Gasteiger partial charge in [0.25, 0.3) is 0 Å². The number of ether oxygens (including phenoxy) is 2. The number of hydrogen-bond acceptors (Lipinski definition) is 7. The number of aryl methyl sites for hydroxylation is 1. The molecule has 0 aliphatic carbocycles. The van der Waals surface area contributed by atoms with E-state index >= 15 is 0 Å². The van der Waals surface area contributed by atoms with Crippen LogP contribution in [0.4, 0.5) is 30.2 Å². The van der Waals surface area contributed by atoms with E-state index in [1.54, 1.807) is 18.2 Å².